The van der Waals surface area contributed by atoms with Crippen LogP contribution in [-0.2, 0) is 0 Å². The number of rotatable bonds is 1. The first-order valence-electron chi connectivity index (χ1n) is 5.02. The molecule has 0 saturated heterocycles. The summed E-state index contributed by atoms with van der Waals surface area (Å²) in [5.74, 6) is 0.576. The maximum atomic E-state index is 6.15. The summed E-state index contributed by atoms with van der Waals surface area (Å²) in [7, 11) is 0. The molecule has 6 heteroatoms. The van der Waals surface area contributed by atoms with E-state index in [9.17, 15) is 0 Å². The van der Waals surface area contributed by atoms with Gasteiger partial charge in [-0.15, -0.1) is 11.3 Å². The zero-order valence-electron chi connectivity index (χ0n) is 8.82. The van der Waals surface area contributed by atoms with Crippen LogP contribution in [0.1, 0.15) is 0 Å². The van der Waals surface area contributed by atoms with Crippen LogP contribution in [0.4, 0.5) is 0 Å². The second-order valence-electron chi connectivity index (χ2n) is 3.60. The molecule has 90 valence electrons. The molecule has 0 saturated carbocycles. The third-order valence-electron chi connectivity index (χ3n) is 2.40. The Balaban J connectivity index is 2.24. The Labute approximate surface area is 122 Å². The molecule has 0 aliphatic rings. The van der Waals surface area contributed by atoms with Crippen LogP contribution < -0.4 is 0 Å². The Kier molecular flexibility index (Phi) is 3.16. The zero-order valence-corrected chi connectivity index (χ0v) is 11.9. The number of halogens is 3. The Morgan fingerprint density at radius 2 is 1.78 bits per heavy atom. The molecule has 0 spiro atoms. The van der Waals surface area contributed by atoms with Crippen molar-refractivity contribution in [2.24, 2.45) is 0 Å². The largest absolute Gasteiger partial charge is 0.227 e. The van der Waals surface area contributed by atoms with Gasteiger partial charge in [-0.2, -0.15) is 0 Å². The van der Waals surface area contributed by atoms with Gasteiger partial charge in [-0.1, -0.05) is 34.8 Å². The van der Waals surface area contributed by atoms with Gasteiger partial charge in [-0.05, 0) is 30.3 Å². The highest BCUT2D eigenvalue weighted by Crippen LogP contribution is 2.32. The molecule has 0 fully saturated rings. The summed E-state index contributed by atoms with van der Waals surface area (Å²) in [4.78, 5) is 9.62. The molecular weight excluding hydrogens is 311 g/mol. The molecule has 2 aromatic heterocycles. The van der Waals surface area contributed by atoms with Gasteiger partial charge < -0.3 is 0 Å². The Morgan fingerprint density at radius 1 is 0.944 bits per heavy atom. The quantitative estimate of drug-likeness (QED) is 0.568. The summed E-state index contributed by atoms with van der Waals surface area (Å²) in [6.45, 7) is 0. The SMILES string of the molecule is Clc1ccc2nc(-c3ccc(Cl)s3)nc(Cl)c2c1. The van der Waals surface area contributed by atoms with Crippen molar-refractivity contribution in [2.75, 3.05) is 0 Å². The van der Waals surface area contributed by atoms with Crippen molar-refractivity contribution in [3.63, 3.8) is 0 Å². The second-order valence-corrected chi connectivity index (χ2v) is 6.11. The zero-order chi connectivity index (χ0) is 12.7. The van der Waals surface area contributed by atoms with Gasteiger partial charge in [0.25, 0.3) is 0 Å². The summed E-state index contributed by atoms with van der Waals surface area (Å²) in [5, 5.41) is 1.75. The van der Waals surface area contributed by atoms with Crippen LogP contribution in [0.5, 0.6) is 0 Å². The predicted molar refractivity (Wildman–Crippen MR) is 77.9 cm³/mol. The molecule has 18 heavy (non-hydrogen) atoms. The van der Waals surface area contributed by atoms with Gasteiger partial charge in [0.1, 0.15) is 5.15 Å². The van der Waals surface area contributed by atoms with Crippen molar-refractivity contribution in [1.29, 1.82) is 0 Å². The lowest BCUT2D eigenvalue weighted by molar-refractivity contribution is 1.24. The van der Waals surface area contributed by atoms with E-state index >= 15 is 0 Å². The molecule has 0 unspecified atom stereocenters. The van der Waals surface area contributed by atoms with Gasteiger partial charge in [0.05, 0.1) is 14.7 Å². The standard InChI is InChI=1S/C12H5Cl3N2S/c13-6-1-2-8-7(5-6)11(15)17-12(16-8)9-3-4-10(14)18-9/h1-5H. The molecule has 0 aliphatic heterocycles. The fourth-order valence-corrected chi connectivity index (χ4v) is 2.99. The highest BCUT2D eigenvalue weighted by Gasteiger charge is 2.10. The van der Waals surface area contributed by atoms with Crippen molar-refractivity contribution < 1.29 is 0 Å². The van der Waals surface area contributed by atoms with Crippen molar-refractivity contribution in [3.05, 3.63) is 44.8 Å². The van der Waals surface area contributed by atoms with E-state index in [4.69, 9.17) is 34.8 Å². The molecule has 3 aromatic rings. The van der Waals surface area contributed by atoms with Gasteiger partial charge in [0, 0.05) is 10.4 Å². The van der Waals surface area contributed by atoms with Gasteiger partial charge in [0.2, 0.25) is 0 Å². The van der Waals surface area contributed by atoms with Crippen molar-refractivity contribution in [2.45, 2.75) is 0 Å². The normalized spacial score (nSPS) is 11.1. The molecule has 0 atom stereocenters. The minimum atomic E-state index is 0.391. The van der Waals surface area contributed by atoms with E-state index in [1.54, 1.807) is 12.1 Å². The number of benzene rings is 1. The molecule has 2 nitrogen and oxygen atoms in total. The lowest BCUT2D eigenvalue weighted by atomic mass is 10.2. The van der Waals surface area contributed by atoms with E-state index in [0.717, 1.165) is 15.8 Å². The minimum Gasteiger partial charge on any atom is -0.227 e. The molecule has 0 bridgehead atoms. The number of aromatic nitrogens is 2. The summed E-state index contributed by atoms with van der Waals surface area (Å²) in [6, 6.07) is 9.04. The molecular formula is C12H5Cl3N2S. The predicted octanol–water partition coefficient (Wildman–Crippen LogP) is 5.32. The van der Waals surface area contributed by atoms with Crippen LogP contribution in [0, 0.1) is 0 Å². The van der Waals surface area contributed by atoms with E-state index in [1.807, 2.05) is 18.2 Å². The fourth-order valence-electron chi connectivity index (χ4n) is 1.61. The van der Waals surface area contributed by atoms with Gasteiger partial charge in [0.15, 0.2) is 5.82 Å². The molecule has 0 aliphatic carbocycles. The average molecular weight is 316 g/mol. The van der Waals surface area contributed by atoms with Crippen LogP contribution in [0.2, 0.25) is 14.5 Å². The Hall–Kier alpha value is -0.870. The summed E-state index contributed by atoms with van der Waals surface area (Å²) in [6.07, 6.45) is 0. The number of hydrogen-bond donors (Lipinski definition) is 0. The second kappa shape index (κ2) is 4.67. The highest BCUT2D eigenvalue weighted by molar-refractivity contribution is 7.19. The lowest BCUT2D eigenvalue weighted by Gasteiger charge is -2.03. The van der Waals surface area contributed by atoms with E-state index in [0.29, 0.717) is 20.3 Å². The topological polar surface area (TPSA) is 25.8 Å². The maximum absolute atomic E-state index is 6.15. The molecule has 2 heterocycles. The number of fused-ring (bicyclic) bond motifs is 1. The molecule has 0 radical (unpaired) electrons. The number of hydrogen-bond acceptors (Lipinski definition) is 3. The Morgan fingerprint density at radius 3 is 2.50 bits per heavy atom. The van der Waals surface area contributed by atoms with E-state index < -0.39 is 0 Å². The maximum Gasteiger partial charge on any atom is 0.171 e. The smallest absolute Gasteiger partial charge is 0.171 e. The van der Waals surface area contributed by atoms with E-state index in [2.05, 4.69) is 9.97 Å². The first kappa shape index (κ1) is 12.2. The first-order valence-corrected chi connectivity index (χ1v) is 6.97. The average Bonchev–Trinajstić information content (AvgIpc) is 2.77. The van der Waals surface area contributed by atoms with Crippen LogP contribution in [0.15, 0.2) is 30.3 Å². The monoisotopic (exact) mass is 314 g/mol. The van der Waals surface area contributed by atoms with Gasteiger partial charge in [-0.25, -0.2) is 9.97 Å². The van der Waals surface area contributed by atoms with E-state index in [1.165, 1.54) is 11.3 Å². The molecule has 1 aromatic carbocycles. The van der Waals surface area contributed by atoms with Crippen LogP contribution in [0.3, 0.4) is 0 Å². The van der Waals surface area contributed by atoms with Crippen LogP contribution in [-0.4, -0.2) is 9.97 Å². The minimum absolute atomic E-state index is 0.391. The molecule has 0 N–H and O–H groups in total. The van der Waals surface area contributed by atoms with Crippen molar-refractivity contribution >= 4 is 57.0 Å². The van der Waals surface area contributed by atoms with Crippen LogP contribution >= 0.6 is 46.1 Å². The third kappa shape index (κ3) is 2.19. The third-order valence-corrected chi connectivity index (χ3v) is 4.16. The fraction of sp³-hybridized carbons (Fsp3) is 0. The van der Waals surface area contributed by atoms with E-state index in [-0.39, 0.29) is 0 Å². The summed E-state index contributed by atoms with van der Waals surface area (Å²) in [5.41, 5.74) is 0.763. The molecule has 0 amide bonds. The summed E-state index contributed by atoms with van der Waals surface area (Å²) < 4.78 is 0.695. The number of thiophene rings is 1. The lowest BCUT2D eigenvalue weighted by Crippen LogP contribution is -1.90. The summed E-state index contributed by atoms with van der Waals surface area (Å²) >= 11 is 19.4. The van der Waals surface area contributed by atoms with Crippen molar-refractivity contribution in [3.8, 4) is 10.7 Å². The van der Waals surface area contributed by atoms with Crippen molar-refractivity contribution in [1.82, 2.24) is 9.97 Å². The number of nitrogens with zero attached hydrogens (tertiary/aromatic N) is 2. The van der Waals surface area contributed by atoms with Gasteiger partial charge >= 0.3 is 0 Å². The molecule has 3 rings (SSSR count). The van der Waals surface area contributed by atoms with Gasteiger partial charge in [-0.3, -0.25) is 0 Å². The highest BCUT2D eigenvalue weighted by atomic mass is 35.5. The van der Waals surface area contributed by atoms with Crippen LogP contribution in [0.25, 0.3) is 21.6 Å². The first-order chi connectivity index (χ1) is 8.63. The Bertz CT molecular complexity index is 739.